The molecule has 0 radical (unpaired) electrons. The average Bonchev–Trinajstić information content (AvgIpc) is 2.84. The fraction of sp³-hybridized carbons (Fsp3) is 0.643. The first-order chi connectivity index (χ1) is 10.1. The molecule has 0 saturated carbocycles. The molecule has 1 aromatic rings. The number of amides is 2. The van der Waals surface area contributed by atoms with Crippen molar-refractivity contribution in [2.45, 2.75) is 19.4 Å². The molecule has 0 aliphatic carbocycles. The Kier molecular flexibility index (Phi) is 3.67. The molecule has 0 aromatic carbocycles. The molecule has 0 unspecified atom stereocenters. The van der Waals surface area contributed by atoms with Gasteiger partial charge in [0.05, 0.1) is 11.8 Å². The Labute approximate surface area is 122 Å². The van der Waals surface area contributed by atoms with Gasteiger partial charge in [0.25, 0.3) is 5.91 Å². The number of carbonyl (C=O) groups excluding carboxylic acids is 2. The summed E-state index contributed by atoms with van der Waals surface area (Å²) < 4.78 is 10.8. The summed E-state index contributed by atoms with van der Waals surface area (Å²) in [5, 5.41) is 0. The van der Waals surface area contributed by atoms with E-state index in [0.717, 1.165) is 6.42 Å². The minimum atomic E-state index is -0.137. The summed E-state index contributed by atoms with van der Waals surface area (Å²) >= 11 is 0. The van der Waals surface area contributed by atoms with Crippen LogP contribution in [0.4, 0.5) is 0 Å². The molecule has 7 heteroatoms. The van der Waals surface area contributed by atoms with Crippen molar-refractivity contribution in [2.75, 3.05) is 33.3 Å². The summed E-state index contributed by atoms with van der Waals surface area (Å²) in [6.07, 6.45) is 2.07. The third kappa shape index (κ3) is 2.65. The summed E-state index contributed by atoms with van der Waals surface area (Å²) in [7, 11) is 1.77. The highest BCUT2D eigenvalue weighted by atomic mass is 16.5. The highest BCUT2D eigenvalue weighted by molar-refractivity contribution is 5.92. The predicted octanol–water partition coefficient (Wildman–Crippen LogP) is 0.302. The lowest BCUT2D eigenvalue weighted by Gasteiger charge is -2.37. The fourth-order valence-corrected chi connectivity index (χ4v) is 2.98. The minimum absolute atomic E-state index is 0.00615. The van der Waals surface area contributed by atoms with Gasteiger partial charge >= 0.3 is 0 Å². The van der Waals surface area contributed by atoms with Crippen LogP contribution in [0.2, 0.25) is 0 Å². The molecule has 1 aromatic heterocycles. The third-order valence-corrected chi connectivity index (χ3v) is 4.25. The highest BCUT2D eigenvalue weighted by Gasteiger charge is 2.37. The molecule has 2 aliphatic heterocycles. The van der Waals surface area contributed by atoms with Gasteiger partial charge in [-0.15, -0.1) is 0 Å². The van der Waals surface area contributed by atoms with Crippen molar-refractivity contribution in [1.82, 2.24) is 14.8 Å². The first-order valence-corrected chi connectivity index (χ1v) is 7.11. The van der Waals surface area contributed by atoms with Gasteiger partial charge in [-0.25, -0.2) is 4.98 Å². The van der Waals surface area contributed by atoms with Gasteiger partial charge in [-0.05, 0) is 13.3 Å². The second kappa shape index (κ2) is 5.48. The van der Waals surface area contributed by atoms with Crippen LogP contribution in [0, 0.1) is 12.8 Å². The number of ether oxygens (including phenoxy) is 1. The van der Waals surface area contributed by atoms with E-state index in [-0.39, 0.29) is 30.4 Å². The molecule has 2 saturated heterocycles. The zero-order valence-corrected chi connectivity index (χ0v) is 12.2. The highest BCUT2D eigenvalue weighted by Crippen LogP contribution is 2.25. The van der Waals surface area contributed by atoms with E-state index in [1.54, 1.807) is 23.8 Å². The Balaban J connectivity index is 1.72. The largest absolute Gasteiger partial charge is 0.438 e. The number of carbonyl (C=O) groups is 2. The van der Waals surface area contributed by atoms with Crippen molar-refractivity contribution in [3.63, 3.8) is 0 Å². The Bertz CT molecular complexity index is 556. The number of hydrogen-bond acceptors (Lipinski definition) is 5. The Morgan fingerprint density at radius 1 is 1.43 bits per heavy atom. The van der Waals surface area contributed by atoms with Gasteiger partial charge in [0.15, 0.2) is 6.39 Å². The van der Waals surface area contributed by atoms with Gasteiger partial charge in [-0.3, -0.25) is 9.59 Å². The normalized spacial score (nSPS) is 26.5. The SMILES string of the molecule is Cc1ncoc1C(=O)N1CC[C@@H]2OCC(=O)N(C)C[C@H]2C1. The number of piperidine rings is 1. The second-order valence-corrected chi connectivity index (χ2v) is 5.69. The third-order valence-electron chi connectivity index (χ3n) is 4.25. The molecule has 7 nitrogen and oxygen atoms in total. The quantitative estimate of drug-likeness (QED) is 0.744. The number of aryl methyl sites for hydroxylation is 1. The van der Waals surface area contributed by atoms with E-state index in [0.29, 0.717) is 31.1 Å². The molecule has 114 valence electrons. The van der Waals surface area contributed by atoms with Crippen LogP contribution < -0.4 is 0 Å². The lowest BCUT2D eigenvalue weighted by Crippen LogP contribution is -2.48. The summed E-state index contributed by atoms with van der Waals surface area (Å²) in [5.74, 6) is 0.296. The van der Waals surface area contributed by atoms with Crippen molar-refractivity contribution in [1.29, 1.82) is 0 Å². The van der Waals surface area contributed by atoms with Crippen LogP contribution in [0.5, 0.6) is 0 Å². The number of nitrogens with zero attached hydrogens (tertiary/aromatic N) is 3. The van der Waals surface area contributed by atoms with Crippen molar-refractivity contribution in [3.05, 3.63) is 17.8 Å². The maximum Gasteiger partial charge on any atom is 0.291 e. The maximum atomic E-state index is 12.5. The topological polar surface area (TPSA) is 75.9 Å². The number of oxazole rings is 1. The van der Waals surface area contributed by atoms with E-state index in [1.807, 2.05) is 0 Å². The lowest BCUT2D eigenvalue weighted by molar-refractivity contribution is -0.133. The van der Waals surface area contributed by atoms with Crippen LogP contribution in [-0.2, 0) is 9.53 Å². The van der Waals surface area contributed by atoms with E-state index < -0.39 is 0 Å². The van der Waals surface area contributed by atoms with Gasteiger partial charge in [0.1, 0.15) is 6.61 Å². The standard InChI is InChI=1S/C14H19N3O4/c1-9-13(21-8-15-9)14(19)17-4-3-11-10(6-17)5-16(2)12(18)7-20-11/h8,10-11H,3-7H2,1-2H3/t10-,11-/m0/s1. The zero-order chi connectivity index (χ0) is 15.0. The molecule has 2 aliphatic rings. The molecule has 0 bridgehead atoms. The minimum Gasteiger partial charge on any atom is -0.438 e. The Hall–Kier alpha value is -1.89. The molecule has 2 fully saturated rings. The summed E-state index contributed by atoms with van der Waals surface area (Å²) in [6.45, 7) is 3.68. The van der Waals surface area contributed by atoms with E-state index in [1.165, 1.54) is 6.39 Å². The van der Waals surface area contributed by atoms with Gasteiger partial charge in [-0.1, -0.05) is 0 Å². The number of likely N-dealkylation sites (N-methyl/N-ethyl adjacent to an activating group) is 1. The van der Waals surface area contributed by atoms with E-state index >= 15 is 0 Å². The molecular formula is C14H19N3O4. The number of aromatic nitrogens is 1. The number of hydrogen-bond donors (Lipinski definition) is 0. The maximum absolute atomic E-state index is 12.5. The predicted molar refractivity (Wildman–Crippen MR) is 72.6 cm³/mol. The summed E-state index contributed by atoms with van der Waals surface area (Å²) in [5.41, 5.74) is 0.603. The molecule has 0 N–H and O–H groups in total. The fourth-order valence-electron chi connectivity index (χ4n) is 2.98. The first-order valence-electron chi connectivity index (χ1n) is 7.11. The van der Waals surface area contributed by atoms with E-state index in [4.69, 9.17) is 9.15 Å². The van der Waals surface area contributed by atoms with Gasteiger partial charge in [0.2, 0.25) is 11.7 Å². The van der Waals surface area contributed by atoms with Crippen molar-refractivity contribution < 1.29 is 18.7 Å². The number of fused-ring (bicyclic) bond motifs is 1. The van der Waals surface area contributed by atoms with Crippen LogP contribution in [0.3, 0.4) is 0 Å². The molecule has 3 rings (SSSR count). The smallest absolute Gasteiger partial charge is 0.291 e. The van der Waals surface area contributed by atoms with Crippen molar-refractivity contribution in [2.24, 2.45) is 5.92 Å². The molecule has 2 atom stereocenters. The van der Waals surface area contributed by atoms with Gasteiger partial charge in [0, 0.05) is 32.6 Å². The Morgan fingerprint density at radius 2 is 2.24 bits per heavy atom. The molecule has 3 heterocycles. The average molecular weight is 293 g/mol. The first kappa shape index (κ1) is 14.1. The summed E-state index contributed by atoms with van der Waals surface area (Å²) in [6, 6.07) is 0. The number of likely N-dealkylation sites (tertiary alicyclic amines) is 1. The van der Waals surface area contributed by atoms with E-state index in [9.17, 15) is 9.59 Å². The van der Waals surface area contributed by atoms with Gasteiger partial charge < -0.3 is 19.0 Å². The molecule has 0 spiro atoms. The van der Waals surface area contributed by atoms with Crippen LogP contribution in [0.15, 0.2) is 10.8 Å². The van der Waals surface area contributed by atoms with Crippen LogP contribution in [-0.4, -0.2) is 66.0 Å². The van der Waals surface area contributed by atoms with Crippen molar-refractivity contribution in [3.8, 4) is 0 Å². The lowest BCUT2D eigenvalue weighted by atomic mass is 9.94. The second-order valence-electron chi connectivity index (χ2n) is 5.69. The van der Waals surface area contributed by atoms with Crippen LogP contribution in [0.25, 0.3) is 0 Å². The zero-order valence-electron chi connectivity index (χ0n) is 12.2. The monoisotopic (exact) mass is 293 g/mol. The molecule has 2 amide bonds. The van der Waals surface area contributed by atoms with Gasteiger partial charge in [-0.2, -0.15) is 0 Å². The van der Waals surface area contributed by atoms with E-state index in [2.05, 4.69) is 4.98 Å². The Morgan fingerprint density at radius 3 is 2.95 bits per heavy atom. The van der Waals surface area contributed by atoms with Crippen LogP contribution >= 0.6 is 0 Å². The molecular weight excluding hydrogens is 274 g/mol. The summed E-state index contributed by atoms with van der Waals surface area (Å²) in [4.78, 5) is 31.6. The number of rotatable bonds is 1. The van der Waals surface area contributed by atoms with Crippen molar-refractivity contribution >= 4 is 11.8 Å². The van der Waals surface area contributed by atoms with Crippen LogP contribution in [0.1, 0.15) is 22.7 Å². The molecule has 21 heavy (non-hydrogen) atoms.